The lowest BCUT2D eigenvalue weighted by molar-refractivity contribution is -0.137. The molecular weight excluding hydrogens is 340 g/mol. The van der Waals surface area contributed by atoms with Gasteiger partial charge in [0.1, 0.15) is 5.70 Å². The molecule has 1 aromatic rings. The van der Waals surface area contributed by atoms with Crippen molar-refractivity contribution in [1.29, 1.82) is 0 Å². The predicted octanol–water partition coefficient (Wildman–Crippen LogP) is 3.73. The lowest BCUT2D eigenvalue weighted by atomic mass is 9.95. The summed E-state index contributed by atoms with van der Waals surface area (Å²) < 4.78 is 0. The number of hydrogen-bond donors (Lipinski definition) is 2. The van der Waals surface area contributed by atoms with E-state index in [4.69, 9.17) is 16.7 Å². The topological polar surface area (TPSA) is 69.6 Å². The summed E-state index contributed by atoms with van der Waals surface area (Å²) in [5.41, 5.74) is 2.21. The van der Waals surface area contributed by atoms with Crippen molar-refractivity contribution in [2.75, 3.05) is 11.4 Å². The number of aliphatic carboxylic acids is 1. The van der Waals surface area contributed by atoms with Crippen molar-refractivity contribution in [3.63, 3.8) is 0 Å². The molecule has 6 heteroatoms. The Bertz CT molecular complexity index is 696. The van der Waals surface area contributed by atoms with Crippen molar-refractivity contribution >= 4 is 29.2 Å². The van der Waals surface area contributed by atoms with Gasteiger partial charge in [-0.25, -0.2) is 0 Å². The lowest BCUT2D eigenvalue weighted by Gasteiger charge is -2.25. The van der Waals surface area contributed by atoms with Crippen LogP contribution in [0.25, 0.3) is 0 Å². The number of rotatable bonds is 6. The number of hydrogen-bond acceptors (Lipinski definition) is 3. The molecule has 1 aliphatic carbocycles. The number of benzene rings is 1. The zero-order chi connectivity index (χ0) is 17.8. The fourth-order valence-corrected chi connectivity index (χ4v) is 3.74. The molecule has 2 N–H and O–H groups in total. The molecule has 3 rings (SSSR count). The van der Waals surface area contributed by atoms with Gasteiger partial charge in [0.15, 0.2) is 0 Å². The first-order valence-corrected chi connectivity index (χ1v) is 9.20. The standard InChI is InChI=1S/C19H23ClN2O3/c20-14-5-4-8-16(11-14)22-12-13(9-10-17(23)24)18(19(22)25)21-15-6-2-1-3-7-15/h4-5,8,11,15,21H,1-3,6-7,9-10,12H2,(H,23,24). The van der Waals surface area contributed by atoms with E-state index in [0.717, 1.165) is 24.1 Å². The van der Waals surface area contributed by atoms with Crippen LogP contribution in [0.15, 0.2) is 35.5 Å². The van der Waals surface area contributed by atoms with Gasteiger partial charge in [0.25, 0.3) is 5.91 Å². The van der Waals surface area contributed by atoms with Crippen LogP contribution in [0.3, 0.4) is 0 Å². The van der Waals surface area contributed by atoms with Crippen LogP contribution >= 0.6 is 11.6 Å². The molecule has 1 amide bonds. The highest BCUT2D eigenvalue weighted by molar-refractivity contribution is 6.31. The highest BCUT2D eigenvalue weighted by atomic mass is 35.5. The number of nitrogens with one attached hydrogen (secondary N) is 1. The average molecular weight is 363 g/mol. The molecule has 0 saturated heterocycles. The zero-order valence-electron chi connectivity index (χ0n) is 14.1. The number of carbonyl (C=O) groups excluding carboxylic acids is 1. The largest absolute Gasteiger partial charge is 0.481 e. The van der Waals surface area contributed by atoms with Crippen LogP contribution < -0.4 is 10.2 Å². The van der Waals surface area contributed by atoms with E-state index < -0.39 is 5.97 Å². The number of halogens is 1. The van der Waals surface area contributed by atoms with Gasteiger partial charge in [-0.2, -0.15) is 0 Å². The Balaban J connectivity index is 1.81. The Morgan fingerprint density at radius 3 is 2.72 bits per heavy atom. The second-order valence-electron chi connectivity index (χ2n) is 6.72. The van der Waals surface area contributed by atoms with Gasteiger partial charge in [0.2, 0.25) is 0 Å². The van der Waals surface area contributed by atoms with E-state index in [9.17, 15) is 9.59 Å². The fraction of sp³-hybridized carbons (Fsp3) is 0.474. The molecule has 0 spiro atoms. The van der Waals surface area contributed by atoms with Gasteiger partial charge in [-0.1, -0.05) is 36.9 Å². The number of amides is 1. The summed E-state index contributed by atoms with van der Waals surface area (Å²) >= 11 is 6.06. The van der Waals surface area contributed by atoms with E-state index in [1.54, 1.807) is 17.0 Å². The van der Waals surface area contributed by atoms with E-state index >= 15 is 0 Å². The Labute approximate surface area is 152 Å². The van der Waals surface area contributed by atoms with Crippen LogP contribution in [-0.4, -0.2) is 29.6 Å². The summed E-state index contributed by atoms with van der Waals surface area (Å²) in [5, 5.41) is 13.0. The molecule has 5 nitrogen and oxygen atoms in total. The zero-order valence-corrected chi connectivity index (χ0v) is 14.9. The number of anilines is 1. The van der Waals surface area contributed by atoms with Gasteiger partial charge in [-0.05, 0) is 43.0 Å². The van der Waals surface area contributed by atoms with Crippen molar-refractivity contribution in [1.82, 2.24) is 5.32 Å². The molecular formula is C19H23ClN2O3. The summed E-state index contributed by atoms with van der Waals surface area (Å²) in [7, 11) is 0. The first-order chi connectivity index (χ1) is 12.0. The third kappa shape index (κ3) is 4.34. The van der Waals surface area contributed by atoms with E-state index in [2.05, 4.69) is 5.32 Å². The Morgan fingerprint density at radius 2 is 2.04 bits per heavy atom. The predicted molar refractivity (Wildman–Crippen MR) is 97.7 cm³/mol. The van der Waals surface area contributed by atoms with Crippen molar-refractivity contribution in [3.8, 4) is 0 Å². The maximum atomic E-state index is 13.0. The molecule has 2 aliphatic rings. The average Bonchev–Trinajstić information content (AvgIpc) is 2.90. The molecule has 1 saturated carbocycles. The van der Waals surface area contributed by atoms with Crippen molar-refractivity contribution in [3.05, 3.63) is 40.6 Å². The van der Waals surface area contributed by atoms with Crippen molar-refractivity contribution in [2.24, 2.45) is 0 Å². The summed E-state index contributed by atoms with van der Waals surface area (Å²) in [4.78, 5) is 25.6. The molecule has 1 fully saturated rings. The van der Waals surface area contributed by atoms with Gasteiger partial charge in [-0.15, -0.1) is 0 Å². The fourth-order valence-electron chi connectivity index (χ4n) is 3.56. The first kappa shape index (κ1) is 17.8. The third-order valence-corrected chi connectivity index (χ3v) is 5.11. The van der Waals surface area contributed by atoms with Crippen LogP contribution in [0.1, 0.15) is 44.9 Å². The van der Waals surface area contributed by atoms with Gasteiger partial charge in [0.05, 0.1) is 0 Å². The molecule has 0 radical (unpaired) electrons. The Morgan fingerprint density at radius 1 is 1.28 bits per heavy atom. The molecule has 0 unspecified atom stereocenters. The van der Waals surface area contributed by atoms with Crippen LogP contribution in [0.2, 0.25) is 5.02 Å². The summed E-state index contributed by atoms with van der Waals surface area (Å²) in [6, 6.07) is 7.49. The molecule has 1 aliphatic heterocycles. The normalized spacial score (nSPS) is 18.8. The second-order valence-corrected chi connectivity index (χ2v) is 7.16. The molecule has 1 aromatic carbocycles. The highest BCUT2D eigenvalue weighted by Crippen LogP contribution is 2.30. The minimum atomic E-state index is -0.849. The Hall–Kier alpha value is -2.01. The molecule has 1 heterocycles. The first-order valence-electron chi connectivity index (χ1n) is 8.82. The van der Waals surface area contributed by atoms with Crippen molar-refractivity contribution in [2.45, 2.75) is 51.0 Å². The maximum Gasteiger partial charge on any atom is 0.303 e. The lowest BCUT2D eigenvalue weighted by Crippen LogP contribution is -2.36. The minimum absolute atomic E-state index is 0.0296. The van der Waals surface area contributed by atoms with Gasteiger partial charge < -0.3 is 15.3 Å². The van der Waals surface area contributed by atoms with Crippen LogP contribution in [0.5, 0.6) is 0 Å². The smallest absolute Gasteiger partial charge is 0.303 e. The number of carboxylic acids is 1. The van der Waals surface area contributed by atoms with Crippen LogP contribution in [0, 0.1) is 0 Å². The Kier molecular flexibility index (Phi) is 5.63. The molecule has 25 heavy (non-hydrogen) atoms. The van der Waals surface area contributed by atoms with E-state index in [1.807, 2.05) is 12.1 Å². The van der Waals surface area contributed by atoms with E-state index in [-0.39, 0.29) is 12.3 Å². The molecule has 0 atom stereocenters. The third-order valence-electron chi connectivity index (χ3n) is 4.88. The number of carboxylic acid groups (broad SMARTS) is 1. The van der Waals surface area contributed by atoms with Gasteiger partial charge >= 0.3 is 5.97 Å². The quantitative estimate of drug-likeness (QED) is 0.809. The summed E-state index contributed by atoms with van der Waals surface area (Å²) in [6.45, 7) is 0.418. The van der Waals surface area contributed by atoms with Crippen LogP contribution in [0.4, 0.5) is 5.69 Å². The highest BCUT2D eigenvalue weighted by Gasteiger charge is 2.33. The van der Waals surface area contributed by atoms with Crippen molar-refractivity contribution < 1.29 is 14.7 Å². The maximum absolute atomic E-state index is 13.0. The number of nitrogens with zero attached hydrogens (tertiary/aromatic N) is 1. The molecule has 134 valence electrons. The van der Waals surface area contributed by atoms with E-state index in [1.165, 1.54) is 19.3 Å². The SMILES string of the molecule is O=C(O)CCC1=C(NC2CCCCC2)C(=O)N(c2cccc(Cl)c2)C1. The monoisotopic (exact) mass is 362 g/mol. The van der Waals surface area contributed by atoms with Gasteiger partial charge in [-0.3, -0.25) is 9.59 Å². The number of carbonyl (C=O) groups is 2. The molecule has 0 bridgehead atoms. The summed E-state index contributed by atoms with van der Waals surface area (Å²) in [5.74, 6) is -0.939. The van der Waals surface area contributed by atoms with Crippen LogP contribution in [-0.2, 0) is 9.59 Å². The molecule has 0 aromatic heterocycles. The van der Waals surface area contributed by atoms with E-state index in [0.29, 0.717) is 29.7 Å². The summed E-state index contributed by atoms with van der Waals surface area (Å²) in [6.07, 6.45) is 6.10. The van der Waals surface area contributed by atoms with Gasteiger partial charge in [0, 0.05) is 29.7 Å². The minimum Gasteiger partial charge on any atom is -0.481 e. The second kappa shape index (κ2) is 7.91.